The number of likely N-dealkylation sites (tertiary alicyclic amines) is 1. The largest absolute Gasteiger partial charge is 0.389 e. The van der Waals surface area contributed by atoms with E-state index in [0.29, 0.717) is 36.3 Å². The summed E-state index contributed by atoms with van der Waals surface area (Å²) in [7, 11) is 0. The first-order valence-corrected chi connectivity index (χ1v) is 11.8. The second-order valence-corrected chi connectivity index (χ2v) is 9.72. The highest BCUT2D eigenvalue weighted by Gasteiger charge is 2.49. The van der Waals surface area contributed by atoms with Crippen molar-refractivity contribution in [2.24, 2.45) is 5.92 Å². The van der Waals surface area contributed by atoms with Gasteiger partial charge in [0.1, 0.15) is 12.7 Å². The first-order chi connectivity index (χ1) is 16.0. The van der Waals surface area contributed by atoms with Crippen LogP contribution in [0.4, 0.5) is 5.69 Å². The van der Waals surface area contributed by atoms with Crippen LogP contribution in [-0.2, 0) is 4.79 Å². The van der Waals surface area contributed by atoms with Crippen molar-refractivity contribution >= 4 is 23.4 Å². The summed E-state index contributed by atoms with van der Waals surface area (Å²) in [5.74, 6) is -0.437. The predicted molar refractivity (Wildman–Crippen MR) is 122 cm³/mol. The summed E-state index contributed by atoms with van der Waals surface area (Å²) in [6.45, 7) is 0.924. The van der Waals surface area contributed by atoms with Gasteiger partial charge in [-0.15, -0.1) is 0 Å². The van der Waals surface area contributed by atoms with Crippen molar-refractivity contribution in [2.75, 3.05) is 24.5 Å². The molecule has 0 spiro atoms. The number of nitrogens with zero attached hydrogens (tertiary/aromatic N) is 3. The van der Waals surface area contributed by atoms with E-state index in [2.05, 4.69) is 0 Å². The molecular weight excluding hydrogens is 418 g/mol. The SMILES string of the molecule is O=C(CN1C(=O)c2ccccc2N2C(=O)c3ccccc3[C@H]12)N1CC[C@]2(O)CCCC[C@@H]2C1. The number of hydrogen-bond donors (Lipinski definition) is 1. The number of rotatable bonds is 2. The summed E-state index contributed by atoms with van der Waals surface area (Å²) < 4.78 is 0. The van der Waals surface area contributed by atoms with Gasteiger partial charge in [-0.1, -0.05) is 43.2 Å². The first kappa shape index (κ1) is 20.4. The van der Waals surface area contributed by atoms with Crippen molar-refractivity contribution in [3.63, 3.8) is 0 Å². The second-order valence-electron chi connectivity index (χ2n) is 9.72. The molecule has 3 atom stereocenters. The van der Waals surface area contributed by atoms with Gasteiger partial charge in [-0.05, 0) is 37.5 Å². The quantitative estimate of drug-likeness (QED) is 0.771. The Labute approximate surface area is 192 Å². The molecule has 0 radical (unpaired) electrons. The van der Waals surface area contributed by atoms with Crippen molar-refractivity contribution < 1.29 is 19.5 Å². The average Bonchev–Trinajstić information content (AvgIpc) is 3.13. The molecule has 3 amide bonds. The maximum absolute atomic E-state index is 13.6. The van der Waals surface area contributed by atoms with Crippen LogP contribution in [0.25, 0.3) is 0 Å². The Balaban J connectivity index is 1.32. The lowest BCUT2D eigenvalue weighted by Crippen LogP contribution is -2.57. The number of amides is 3. The lowest BCUT2D eigenvalue weighted by Gasteiger charge is -2.48. The molecule has 0 bridgehead atoms. The van der Waals surface area contributed by atoms with Gasteiger partial charge in [0.15, 0.2) is 0 Å². The van der Waals surface area contributed by atoms with Crippen LogP contribution in [0.15, 0.2) is 48.5 Å². The molecule has 1 N–H and O–H groups in total. The van der Waals surface area contributed by atoms with E-state index < -0.39 is 11.8 Å². The highest BCUT2D eigenvalue weighted by atomic mass is 16.3. The Hall–Kier alpha value is -3.19. The molecule has 0 unspecified atom stereocenters. The summed E-state index contributed by atoms with van der Waals surface area (Å²) in [6, 6.07) is 14.4. The van der Waals surface area contributed by atoms with E-state index in [4.69, 9.17) is 0 Å². The maximum atomic E-state index is 13.6. The van der Waals surface area contributed by atoms with Gasteiger partial charge in [0, 0.05) is 30.1 Å². The number of para-hydroxylation sites is 1. The summed E-state index contributed by atoms with van der Waals surface area (Å²) in [5.41, 5.74) is 1.67. The molecule has 2 aromatic carbocycles. The number of hydrogen-bond acceptors (Lipinski definition) is 4. The molecule has 1 saturated heterocycles. The summed E-state index contributed by atoms with van der Waals surface area (Å²) >= 11 is 0. The van der Waals surface area contributed by atoms with Gasteiger partial charge < -0.3 is 14.9 Å². The molecule has 1 aliphatic carbocycles. The van der Waals surface area contributed by atoms with Gasteiger partial charge in [-0.25, -0.2) is 0 Å². The zero-order valence-electron chi connectivity index (χ0n) is 18.4. The first-order valence-electron chi connectivity index (χ1n) is 11.8. The molecule has 7 heteroatoms. The number of piperidine rings is 1. The van der Waals surface area contributed by atoms with Crippen LogP contribution in [-0.4, -0.2) is 57.9 Å². The van der Waals surface area contributed by atoms with E-state index in [9.17, 15) is 19.5 Å². The Morgan fingerprint density at radius 3 is 2.58 bits per heavy atom. The number of carbonyl (C=O) groups is 3. The van der Waals surface area contributed by atoms with E-state index in [1.807, 2.05) is 24.3 Å². The summed E-state index contributed by atoms with van der Waals surface area (Å²) in [5, 5.41) is 11.0. The molecule has 3 aliphatic heterocycles. The molecule has 6 rings (SSSR count). The minimum atomic E-state index is -0.664. The Morgan fingerprint density at radius 1 is 0.970 bits per heavy atom. The fourth-order valence-corrected chi connectivity index (χ4v) is 6.18. The smallest absolute Gasteiger partial charge is 0.260 e. The van der Waals surface area contributed by atoms with Crippen LogP contribution in [0.5, 0.6) is 0 Å². The molecule has 0 aromatic heterocycles. The standard InChI is InChI=1S/C26H27N3O4/c30-22(27-14-13-26(33)12-6-5-7-17(26)15-27)16-28-23-18-8-1-2-9-19(18)25(32)29(23)21-11-4-3-10-20(21)24(28)31/h1-4,8-11,17,23,33H,5-7,12-16H2/t17-,23-,26-/m1/s1. The van der Waals surface area contributed by atoms with Crippen LogP contribution in [0.2, 0.25) is 0 Å². The van der Waals surface area contributed by atoms with E-state index in [1.165, 1.54) is 4.90 Å². The predicted octanol–water partition coefficient (Wildman–Crippen LogP) is 2.96. The Kier molecular flexibility index (Phi) is 4.59. The highest BCUT2D eigenvalue weighted by molar-refractivity contribution is 6.17. The normalized spacial score (nSPS) is 28.2. The van der Waals surface area contributed by atoms with Gasteiger partial charge in [-0.3, -0.25) is 19.3 Å². The number of fused-ring (bicyclic) bond motifs is 6. The van der Waals surface area contributed by atoms with Gasteiger partial charge in [0.05, 0.1) is 16.9 Å². The lowest BCUT2D eigenvalue weighted by atomic mass is 9.71. The average molecular weight is 446 g/mol. The highest BCUT2D eigenvalue weighted by Crippen LogP contribution is 2.45. The summed E-state index contributed by atoms with van der Waals surface area (Å²) in [4.78, 5) is 45.3. The van der Waals surface area contributed by atoms with Crippen LogP contribution in [0.1, 0.15) is 64.5 Å². The minimum absolute atomic E-state index is 0.0898. The second kappa shape index (κ2) is 7.42. The molecule has 170 valence electrons. The van der Waals surface area contributed by atoms with Crippen molar-refractivity contribution in [3.05, 3.63) is 65.2 Å². The maximum Gasteiger partial charge on any atom is 0.260 e. The summed E-state index contributed by atoms with van der Waals surface area (Å²) in [6.07, 6.45) is 3.79. The van der Waals surface area contributed by atoms with Crippen LogP contribution < -0.4 is 4.90 Å². The molecule has 2 aromatic rings. The van der Waals surface area contributed by atoms with Crippen LogP contribution >= 0.6 is 0 Å². The zero-order valence-corrected chi connectivity index (χ0v) is 18.4. The molecule has 33 heavy (non-hydrogen) atoms. The topological polar surface area (TPSA) is 81.2 Å². The third-order valence-electron chi connectivity index (χ3n) is 7.97. The van der Waals surface area contributed by atoms with E-state index in [1.54, 1.807) is 34.1 Å². The Morgan fingerprint density at radius 2 is 1.73 bits per heavy atom. The number of benzene rings is 2. The van der Waals surface area contributed by atoms with Crippen molar-refractivity contribution in [2.45, 2.75) is 43.9 Å². The molecule has 4 aliphatic rings. The van der Waals surface area contributed by atoms with Crippen molar-refractivity contribution in [1.82, 2.24) is 9.80 Å². The molecule has 2 fully saturated rings. The minimum Gasteiger partial charge on any atom is -0.389 e. The lowest BCUT2D eigenvalue weighted by molar-refractivity contribution is -0.144. The van der Waals surface area contributed by atoms with Gasteiger partial charge in [-0.2, -0.15) is 0 Å². The number of carbonyl (C=O) groups excluding carboxylic acids is 3. The molecule has 1 saturated carbocycles. The van der Waals surface area contributed by atoms with Gasteiger partial charge >= 0.3 is 0 Å². The van der Waals surface area contributed by atoms with E-state index in [-0.39, 0.29) is 30.2 Å². The number of aliphatic hydroxyl groups is 1. The Bertz CT molecular complexity index is 1160. The molecular formula is C26H27N3O4. The zero-order chi connectivity index (χ0) is 22.7. The van der Waals surface area contributed by atoms with E-state index >= 15 is 0 Å². The number of anilines is 1. The van der Waals surface area contributed by atoms with Gasteiger partial charge in [0.2, 0.25) is 5.91 Å². The van der Waals surface area contributed by atoms with Crippen molar-refractivity contribution in [1.29, 1.82) is 0 Å². The fourth-order valence-electron chi connectivity index (χ4n) is 6.18. The molecule has 3 heterocycles. The third-order valence-corrected chi connectivity index (χ3v) is 7.97. The fraction of sp³-hybridized carbons (Fsp3) is 0.423. The van der Waals surface area contributed by atoms with Crippen LogP contribution in [0.3, 0.4) is 0 Å². The van der Waals surface area contributed by atoms with Gasteiger partial charge in [0.25, 0.3) is 11.8 Å². The molecule has 7 nitrogen and oxygen atoms in total. The monoisotopic (exact) mass is 445 g/mol. The third kappa shape index (κ3) is 3.02. The van der Waals surface area contributed by atoms with Crippen LogP contribution in [0, 0.1) is 5.92 Å². The van der Waals surface area contributed by atoms with E-state index in [0.717, 1.165) is 31.2 Å². The van der Waals surface area contributed by atoms with Crippen molar-refractivity contribution in [3.8, 4) is 0 Å².